The van der Waals surface area contributed by atoms with Crippen molar-refractivity contribution < 1.29 is 13.9 Å². The summed E-state index contributed by atoms with van der Waals surface area (Å²) in [5.41, 5.74) is 1.25. The van der Waals surface area contributed by atoms with Crippen LogP contribution in [0.3, 0.4) is 0 Å². The number of methoxy groups -OCH3 is 1. The van der Waals surface area contributed by atoms with Gasteiger partial charge in [0.25, 0.3) is 0 Å². The molecule has 7 heteroatoms. The molecule has 1 amide bonds. The van der Waals surface area contributed by atoms with E-state index in [1.165, 1.54) is 18.2 Å². The number of piperazine rings is 1. The Bertz CT molecular complexity index is 762. The standard InChI is InChI=1S/C19H21ClFN3O2/c1-26-16-5-3-15(4-6-16)24-10-8-23(9-11-24)13-19(25)22-18-12-14(20)2-7-17(18)21/h2-7,12H,8-11,13H2,1H3,(H,22,25). The first-order valence-electron chi connectivity index (χ1n) is 8.41. The lowest BCUT2D eigenvalue weighted by molar-refractivity contribution is -0.117. The van der Waals surface area contributed by atoms with E-state index in [-0.39, 0.29) is 18.1 Å². The highest BCUT2D eigenvalue weighted by Crippen LogP contribution is 2.21. The van der Waals surface area contributed by atoms with E-state index in [9.17, 15) is 9.18 Å². The average molecular weight is 378 g/mol. The molecule has 1 N–H and O–H groups in total. The van der Waals surface area contributed by atoms with Crippen molar-refractivity contribution in [2.45, 2.75) is 0 Å². The van der Waals surface area contributed by atoms with Gasteiger partial charge in [0.15, 0.2) is 0 Å². The first kappa shape index (κ1) is 18.5. The predicted octanol–water partition coefficient (Wildman–Crippen LogP) is 3.25. The second-order valence-corrected chi connectivity index (χ2v) is 6.57. The molecular formula is C19H21ClFN3O2. The van der Waals surface area contributed by atoms with Gasteiger partial charge in [0.05, 0.1) is 19.3 Å². The lowest BCUT2D eigenvalue weighted by Gasteiger charge is -2.35. The number of nitrogens with zero attached hydrogens (tertiary/aromatic N) is 2. The molecular weight excluding hydrogens is 357 g/mol. The minimum absolute atomic E-state index is 0.111. The average Bonchev–Trinajstić information content (AvgIpc) is 2.65. The molecule has 2 aromatic rings. The van der Waals surface area contributed by atoms with Gasteiger partial charge in [-0.2, -0.15) is 0 Å². The second kappa shape index (κ2) is 8.38. The summed E-state index contributed by atoms with van der Waals surface area (Å²) < 4.78 is 18.9. The molecule has 0 radical (unpaired) electrons. The zero-order valence-corrected chi connectivity index (χ0v) is 15.3. The number of nitrogens with one attached hydrogen (secondary N) is 1. The van der Waals surface area contributed by atoms with Crippen LogP contribution >= 0.6 is 11.6 Å². The SMILES string of the molecule is COc1ccc(N2CCN(CC(=O)Nc3cc(Cl)ccc3F)CC2)cc1. The Kier molecular flexibility index (Phi) is 5.96. The molecule has 26 heavy (non-hydrogen) atoms. The maximum atomic E-state index is 13.7. The molecule has 5 nitrogen and oxygen atoms in total. The number of carbonyl (C=O) groups is 1. The van der Waals surface area contributed by atoms with Gasteiger partial charge in [-0.15, -0.1) is 0 Å². The fourth-order valence-corrected chi connectivity index (χ4v) is 3.12. The van der Waals surface area contributed by atoms with Gasteiger partial charge in [-0.05, 0) is 42.5 Å². The summed E-state index contributed by atoms with van der Waals surface area (Å²) in [6, 6.07) is 12.0. The minimum atomic E-state index is -0.493. The third-order valence-electron chi connectivity index (χ3n) is 4.38. The molecule has 0 atom stereocenters. The van der Waals surface area contributed by atoms with Crippen molar-refractivity contribution in [1.29, 1.82) is 0 Å². The summed E-state index contributed by atoms with van der Waals surface area (Å²) in [6.45, 7) is 3.40. The number of ether oxygens (including phenoxy) is 1. The van der Waals surface area contributed by atoms with Crippen LogP contribution in [-0.2, 0) is 4.79 Å². The Morgan fingerprint density at radius 2 is 1.85 bits per heavy atom. The summed E-state index contributed by atoms with van der Waals surface area (Å²) in [6.07, 6.45) is 0. The molecule has 1 aliphatic rings. The van der Waals surface area contributed by atoms with Crippen molar-refractivity contribution in [3.05, 3.63) is 53.3 Å². The van der Waals surface area contributed by atoms with Crippen molar-refractivity contribution in [2.75, 3.05) is 50.1 Å². The lowest BCUT2D eigenvalue weighted by atomic mass is 10.2. The third-order valence-corrected chi connectivity index (χ3v) is 4.61. The predicted molar refractivity (Wildman–Crippen MR) is 102 cm³/mol. The van der Waals surface area contributed by atoms with E-state index in [4.69, 9.17) is 16.3 Å². The van der Waals surface area contributed by atoms with Gasteiger partial charge < -0.3 is 15.0 Å². The Morgan fingerprint density at radius 1 is 1.15 bits per heavy atom. The lowest BCUT2D eigenvalue weighted by Crippen LogP contribution is -2.48. The van der Waals surface area contributed by atoms with Crippen molar-refractivity contribution >= 4 is 28.9 Å². The maximum absolute atomic E-state index is 13.7. The minimum Gasteiger partial charge on any atom is -0.497 e. The van der Waals surface area contributed by atoms with Crippen LogP contribution in [0.4, 0.5) is 15.8 Å². The molecule has 0 aromatic heterocycles. The summed E-state index contributed by atoms with van der Waals surface area (Å²) >= 11 is 5.84. The van der Waals surface area contributed by atoms with Gasteiger partial charge in [0, 0.05) is 36.9 Å². The first-order valence-corrected chi connectivity index (χ1v) is 8.79. The molecule has 0 saturated carbocycles. The summed E-state index contributed by atoms with van der Waals surface area (Å²) in [4.78, 5) is 16.5. The van der Waals surface area contributed by atoms with Crippen LogP contribution in [0.5, 0.6) is 5.75 Å². The summed E-state index contributed by atoms with van der Waals surface area (Å²) in [7, 11) is 1.65. The summed E-state index contributed by atoms with van der Waals surface area (Å²) in [5.74, 6) is 0.0912. The van der Waals surface area contributed by atoms with E-state index >= 15 is 0 Å². The van der Waals surface area contributed by atoms with Crippen LogP contribution in [0, 0.1) is 5.82 Å². The molecule has 2 aromatic carbocycles. The van der Waals surface area contributed by atoms with E-state index < -0.39 is 5.82 Å². The highest BCUT2D eigenvalue weighted by Gasteiger charge is 2.19. The normalized spacial score (nSPS) is 15.0. The van der Waals surface area contributed by atoms with Gasteiger partial charge in [-0.25, -0.2) is 4.39 Å². The fourth-order valence-electron chi connectivity index (χ4n) is 2.94. The number of benzene rings is 2. The number of anilines is 2. The second-order valence-electron chi connectivity index (χ2n) is 6.13. The van der Waals surface area contributed by atoms with Crippen LogP contribution < -0.4 is 15.0 Å². The number of rotatable bonds is 5. The molecule has 1 saturated heterocycles. The topological polar surface area (TPSA) is 44.8 Å². The van der Waals surface area contributed by atoms with E-state index in [0.29, 0.717) is 5.02 Å². The van der Waals surface area contributed by atoms with Gasteiger partial charge >= 0.3 is 0 Å². The van der Waals surface area contributed by atoms with Crippen molar-refractivity contribution in [3.63, 3.8) is 0 Å². The van der Waals surface area contributed by atoms with Gasteiger partial charge in [0.1, 0.15) is 11.6 Å². The van der Waals surface area contributed by atoms with Crippen molar-refractivity contribution in [1.82, 2.24) is 4.90 Å². The quantitative estimate of drug-likeness (QED) is 0.868. The largest absolute Gasteiger partial charge is 0.497 e. The highest BCUT2D eigenvalue weighted by molar-refractivity contribution is 6.30. The van der Waals surface area contributed by atoms with E-state index in [0.717, 1.165) is 37.6 Å². The van der Waals surface area contributed by atoms with Crippen molar-refractivity contribution in [3.8, 4) is 5.75 Å². The summed E-state index contributed by atoms with van der Waals surface area (Å²) in [5, 5.41) is 2.97. The Balaban J connectivity index is 1.50. The van der Waals surface area contributed by atoms with Crippen LogP contribution in [0.1, 0.15) is 0 Å². The molecule has 3 rings (SSSR count). The van der Waals surface area contributed by atoms with E-state index in [2.05, 4.69) is 15.1 Å². The molecule has 0 bridgehead atoms. The molecule has 0 aliphatic carbocycles. The van der Waals surface area contributed by atoms with Crippen LogP contribution in [0.2, 0.25) is 5.02 Å². The van der Waals surface area contributed by atoms with Crippen LogP contribution in [0.25, 0.3) is 0 Å². The van der Waals surface area contributed by atoms with Gasteiger partial charge in [0.2, 0.25) is 5.91 Å². The molecule has 0 spiro atoms. The number of hydrogen-bond donors (Lipinski definition) is 1. The van der Waals surface area contributed by atoms with Gasteiger partial charge in [-0.1, -0.05) is 11.6 Å². The third kappa shape index (κ3) is 4.65. The number of amides is 1. The molecule has 1 fully saturated rings. The Labute approximate surface area is 157 Å². The molecule has 138 valence electrons. The molecule has 0 unspecified atom stereocenters. The van der Waals surface area contributed by atoms with E-state index in [1.807, 2.05) is 24.3 Å². The molecule has 1 heterocycles. The number of hydrogen-bond acceptors (Lipinski definition) is 4. The zero-order valence-electron chi connectivity index (χ0n) is 14.5. The number of carbonyl (C=O) groups excluding carboxylic acids is 1. The fraction of sp³-hybridized carbons (Fsp3) is 0.316. The maximum Gasteiger partial charge on any atom is 0.238 e. The Hall–Kier alpha value is -2.31. The van der Waals surface area contributed by atoms with Crippen LogP contribution in [0.15, 0.2) is 42.5 Å². The van der Waals surface area contributed by atoms with E-state index in [1.54, 1.807) is 7.11 Å². The number of halogens is 2. The zero-order chi connectivity index (χ0) is 18.5. The van der Waals surface area contributed by atoms with Crippen LogP contribution in [-0.4, -0.2) is 50.6 Å². The Morgan fingerprint density at radius 3 is 2.50 bits per heavy atom. The highest BCUT2D eigenvalue weighted by atomic mass is 35.5. The monoisotopic (exact) mass is 377 g/mol. The molecule has 1 aliphatic heterocycles. The van der Waals surface area contributed by atoms with Crippen molar-refractivity contribution in [2.24, 2.45) is 0 Å². The van der Waals surface area contributed by atoms with Gasteiger partial charge in [-0.3, -0.25) is 9.69 Å². The smallest absolute Gasteiger partial charge is 0.238 e. The first-order chi connectivity index (χ1) is 12.5.